The highest BCUT2D eigenvalue weighted by Crippen LogP contribution is 2.31. The van der Waals surface area contributed by atoms with Gasteiger partial charge in [0, 0.05) is 17.0 Å². The van der Waals surface area contributed by atoms with Gasteiger partial charge in [0.2, 0.25) is 5.91 Å². The van der Waals surface area contributed by atoms with Gasteiger partial charge in [-0.05, 0) is 44.0 Å². The number of amides is 1. The molecule has 0 aliphatic heterocycles. The monoisotopic (exact) mass is 422 g/mol. The van der Waals surface area contributed by atoms with Crippen molar-refractivity contribution in [2.45, 2.75) is 27.3 Å². The van der Waals surface area contributed by atoms with Crippen LogP contribution in [-0.2, 0) is 11.3 Å². The standard InChI is InChI=1S/C22H19FN4O2S/c1-12-6-13(2)20(14(3)7-12)18-10-30-22(25-18)26-19(28)9-27-11-24-17-8-15(23)4-5-16(17)21(27)29/h4-8,10-11H,9H2,1-3H3,(H,25,26,28). The molecule has 0 unspecified atom stereocenters. The quantitative estimate of drug-likeness (QED) is 0.534. The number of anilines is 1. The molecule has 0 atom stereocenters. The molecule has 1 amide bonds. The summed E-state index contributed by atoms with van der Waals surface area (Å²) < 4.78 is 14.5. The predicted octanol–water partition coefficient (Wildman–Crippen LogP) is 4.22. The van der Waals surface area contributed by atoms with Crippen LogP contribution in [0.4, 0.5) is 9.52 Å². The maximum absolute atomic E-state index is 13.3. The minimum atomic E-state index is -0.469. The first-order valence-electron chi connectivity index (χ1n) is 9.30. The van der Waals surface area contributed by atoms with Crippen LogP contribution in [0.15, 0.2) is 46.8 Å². The molecule has 0 saturated heterocycles. The van der Waals surface area contributed by atoms with Crippen LogP contribution in [0, 0.1) is 26.6 Å². The number of halogens is 1. The average Bonchev–Trinajstić information content (AvgIpc) is 3.11. The molecule has 0 saturated carbocycles. The molecule has 0 aliphatic rings. The maximum Gasteiger partial charge on any atom is 0.261 e. The maximum atomic E-state index is 13.3. The highest BCUT2D eigenvalue weighted by molar-refractivity contribution is 7.14. The van der Waals surface area contributed by atoms with E-state index in [0.29, 0.717) is 5.13 Å². The molecule has 8 heteroatoms. The zero-order valence-electron chi connectivity index (χ0n) is 16.7. The van der Waals surface area contributed by atoms with Crippen molar-refractivity contribution >= 4 is 33.3 Å². The van der Waals surface area contributed by atoms with Crippen LogP contribution in [0.3, 0.4) is 0 Å². The van der Waals surface area contributed by atoms with E-state index in [1.165, 1.54) is 46.0 Å². The fourth-order valence-corrected chi connectivity index (χ4v) is 4.31. The van der Waals surface area contributed by atoms with Gasteiger partial charge >= 0.3 is 0 Å². The lowest BCUT2D eigenvalue weighted by molar-refractivity contribution is -0.116. The van der Waals surface area contributed by atoms with Crippen molar-refractivity contribution in [2.75, 3.05) is 5.32 Å². The van der Waals surface area contributed by atoms with Crippen molar-refractivity contribution in [3.63, 3.8) is 0 Å². The van der Waals surface area contributed by atoms with Gasteiger partial charge in [-0.25, -0.2) is 14.4 Å². The Kier molecular flexibility index (Phi) is 5.17. The van der Waals surface area contributed by atoms with E-state index < -0.39 is 17.3 Å². The van der Waals surface area contributed by atoms with Gasteiger partial charge in [0.1, 0.15) is 12.4 Å². The number of aromatic nitrogens is 3. The molecule has 2 heterocycles. The first-order valence-corrected chi connectivity index (χ1v) is 10.2. The third-order valence-electron chi connectivity index (χ3n) is 4.78. The van der Waals surface area contributed by atoms with Crippen LogP contribution in [0.25, 0.3) is 22.2 Å². The van der Waals surface area contributed by atoms with E-state index in [2.05, 4.69) is 34.3 Å². The lowest BCUT2D eigenvalue weighted by atomic mass is 9.98. The van der Waals surface area contributed by atoms with Crippen LogP contribution in [-0.4, -0.2) is 20.4 Å². The van der Waals surface area contributed by atoms with Crippen LogP contribution >= 0.6 is 11.3 Å². The van der Waals surface area contributed by atoms with E-state index in [-0.39, 0.29) is 17.4 Å². The van der Waals surface area contributed by atoms with E-state index in [1.54, 1.807) is 0 Å². The summed E-state index contributed by atoms with van der Waals surface area (Å²) >= 11 is 1.33. The van der Waals surface area contributed by atoms with Crippen molar-refractivity contribution in [3.8, 4) is 11.3 Å². The molecule has 0 radical (unpaired) electrons. The first-order chi connectivity index (χ1) is 14.3. The van der Waals surface area contributed by atoms with Crippen molar-refractivity contribution < 1.29 is 9.18 Å². The molecule has 2 aromatic heterocycles. The SMILES string of the molecule is Cc1cc(C)c(-c2csc(NC(=O)Cn3cnc4cc(F)ccc4c3=O)n2)c(C)c1. The number of carbonyl (C=O) groups is 1. The Labute approximate surface area is 176 Å². The van der Waals surface area contributed by atoms with Gasteiger partial charge in [-0.1, -0.05) is 17.7 Å². The van der Waals surface area contributed by atoms with Crippen molar-refractivity contribution in [1.29, 1.82) is 0 Å². The predicted molar refractivity (Wildman–Crippen MR) is 116 cm³/mol. The third-order valence-corrected chi connectivity index (χ3v) is 5.54. The van der Waals surface area contributed by atoms with Crippen LogP contribution in [0.5, 0.6) is 0 Å². The van der Waals surface area contributed by atoms with Gasteiger partial charge in [-0.2, -0.15) is 0 Å². The van der Waals surface area contributed by atoms with Crippen molar-refractivity contribution in [1.82, 2.24) is 14.5 Å². The molecule has 152 valence electrons. The Morgan fingerprint density at radius 1 is 1.17 bits per heavy atom. The number of hydrogen-bond acceptors (Lipinski definition) is 5. The molecular weight excluding hydrogens is 403 g/mol. The summed E-state index contributed by atoms with van der Waals surface area (Å²) in [6, 6.07) is 7.96. The second kappa shape index (κ2) is 7.79. The second-order valence-electron chi connectivity index (χ2n) is 7.20. The minimum Gasteiger partial charge on any atom is -0.300 e. The number of nitrogens with one attached hydrogen (secondary N) is 1. The highest BCUT2D eigenvalue weighted by Gasteiger charge is 2.14. The Morgan fingerprint density at radius 2 is 1.90 bits per heavy atom. The number of hydrogen-bond donors (Lipinski definition) is 1. The van der Waals surface area contributed by atoms with Gasteiger partial charge in [0.15, 0.2) is 5.13 Å². The van der Waals surface area contributed by atoms with Crippen molar-refractivity contribution in [2.24, 2.45) is 0 Å². The highest BCUT2D eigenvalue weighted by atomic mass is 32.1. The fraction of sp³-hybridized carbons (Fsp3) is 0.182. The number of rotatable bonds is 4. The summed E-state index contributed by atoms with van der Waals surface area (Å²) in [6.45, 7) is 5.92. The topological polar surface area (TPSA) is 76.9 Å². The van der Waals surface area contributed by atoms with Gasteiger partial charge in [-0.3, -0.25) is 14.2 Å². The molecule has 30 heavy (non-hydrogen) atoms. The molecule has 2 aromatic carbocycles. The summed E-state index contributed by atoms with van der Waals surface area (Å²) in [7, 11) is 0. The Balaban J connectivity index is 1.53. The number of thiazole rings is 1. The van der Waals surface area contributed by atoms with E-state index >= 15 is 0 Å². The molecule has 6 nitrogen and oxygen atoms in total. The van der Waals surface area contributed by atoms with Crippen LogP contribution in [0.1, 0.15) is 16.7 Å². The summed E-state index contributed by atoms with van der Waals surface area (Å²) in [6.07, 6.45) is 1.25. The summed E-state index contributed by atoms with van der Waals surface area (Å²) in [5.74, 6) is -0.859. The Hall–Kier alpha value is -3.39. The lowest BCUT2D eigenvalue weighted by Gasteiger charge is -2.09. The Bertz CT molecular complexity index is 1320. The van der Waals surface area contributed by atoms with Gasteiger partial charge in [0.25, 0.3) is 5.56 Å². The smallest absolute Gasteiger partial charge is 0.261 e. The molecular formula is C22H19FN4O2S. The van der Waals surface area contributed by atoms with Crippen molar-refractivity contribution in [3.05, 3.63) is 74.9 Å². The number of carbonyl (C=O) groups excluding carboxylic acids is 1. The zero-order valence-corrected chi connectivity index (χ0v) is 17.5. The third kappa shape index (κ3) is 3.86. The van der Waals surface area contributed by atoms with Crippen LogP contribution in [0.2, 0.25) is 0 Å². The Morgan fingerprint density at radius 3 is 2.63 bits per heavy atom. The molecule has 0 aliphatic carbocycles. The van der Waals surface area contributed by atoms with E-state index in [4.69, 9.17) is 0 Å². The largest absolute Gasteiger partial charge is 0.300 e. The van der Waals surface area contributed by atoms with Gasteiger partial charge < -0.3 is 5.32 Å². The summed E-state index contributed by atoms with van der Waals surface area (Å²) in [5, 5.41) is 5.35. The van der Waals surface area contributed by atoms with Gasteiger partial charge in [-0.15, -0.1) is 11.3 Å². The van der Waals surface area contributed by atoms with E-state index in [1.807, 2.05) is 19.2 Å². The minimum absolute atomic E-state index is 0.212. The number of aryl methyl sites for hydroxylation is 3. The van der Waals surface area contributed by atoms with Crippen LogP contribution < -0.4 is 10.9 Å². The van der Waals surface area contributed by atoms with E-state index in [9.17, 15) is 14.0 Å². The normalized spacial score (nSPS) is 11.1. The molecule has 0 bridgehead atoms. The molecule has 1 N–H and O–H groups in total. The lowest BCUT2D eigenvalue weighted by Crippen LogP contribution is -2.27. The fourth-order valence-electron chi connectivity index (χ4n) is 3.59. The number of benzene rings is 2. The summed E-state index contributed by atoms with van der Waals surface area (Å²) in [5.41, 5.74) is 5.15. The average molecular weight is 422 g/mol. The van der Waals surface area contributed by atoms with E-state index in [0.717, 1.165) is 22.4 Å². The number of nitrogens with zero attached hydrogens (tertiary/aromatic N) is 3. The number of fused-ring (bicyclic) bond motifs is 1. The zero-order chi connectivity index (χ0) is 21.4. The second-order valence-corrected chi connectivity index (χ2v) is 8.06. The molecule has 0 spiro atoms. The summed E-state index contributed by atoms with van der Waals surface area (Å²) in [4.78, 5) is 33.6. The first kappa shape index (κ1) is 19.9. The molecule has 4 rings (SSSR count). The molecule has 0 fully saturated rings. The van der Waals surface area contributed by atoms with Gasteiger partial charge in [0.05, 0.1) is 22.9 Å². The molecule has 4 aromatic rings.